The van der Waals surface area contributed by atoms with Gasteiger partial charge in [0, 0.05) is 31.6 Å². The van der Waals surface area contributed by atoms with E-state index in [1.54, 1.807) is 11.9 Å². The molecule has 8 nitrogen and oxygen atoms in total. The summed E-state index contributed by atoms with van der Waals surface area (Å²) < 4.78 is 27.4. The van der Waals surface area contributed by atoms with Crippen molar-refractivity contribution in [2.45, 2.75) is 49.8 Å². The summed E-state index contributed by atoms with van der Waals surface area (Å²) in [6.45, 7) is 0.128. The fourth-order valence-corrected chi connectivity index (χ4v) is 5.29. The highest BCUT2D eigenvalue weighted by Gasteiger charge is 2.49. The van der Waals surface area contributed by atoms with E-state index in [-0.39, 0.29) is 31.0 Å². The molecule has 2 bridgehead atoms. The number of anilines is 1. The first-order chi connectivity index (χ1) is 15.3. The number of carbonyl (C=O) groups excluding carboxylic acids is 1. The first-order valence-electron chi connectivity index (χ1n) is 10.7. The average Bonchev–Trinajstić information content (AvgIpc) is 3.33. The molecule has 2 N–H and O–H groups in total. The number of amides is 1. The number of hydrogen-bond acceptors (Lipinski definition) is 6. The van der Waals surface area contributed by atoms with Crippen LogP contribution in [0.5, 0.6) is 0 Å². The third-order valence-corrected chi connectivity index (χ3v) is 6.61. The molecule has 10 heteroatoms. The van der Waals surface area contributed by atoms with Gasteiger partial charge >= 0.3 is 0 Å². The van der Waals surface area contributed by atoms with Crippen molar-refractivity contribution in [2.24, 2.45) is 0 Å². The summed E-state index contributed by atoms with van der Waals surface area (Å²) in [5.74, 6) is -0.741. The summed E-state index contributed by atoms with van der Waals surface area (Å²) in [5, 5.41) is 11.2. The normalized spacial score (nSPS) is 24.8. The van der Waals surface area contributed by atoms with Crippen molar-refractivity contribution in [3.8, 4) is 0 Å². The minimum Gasteiger partial charge on any atom is -0.389 e. The van der Waals surface area contributed by atoms with Crippen molar-refractivity contribution >= 4 is 22.9 Å². The second kappa shape index (κ2) is 7.77. The minimum absolute atomic E-state index is 0.0405. The molecule has 32 heavy (non-hydrogen) atoms. The molecule has 0 aliphatic carbocycles. The van der Waals surface area contributed by atoms with Crippen molar-refractivity contribution in [1.82, 2.24) is 24.8 Å². The lowest BCUT2D eigenvalue weighted by Gasteiger charge is -2.44. The van der Waals surface area contributed by atoms with Gasteiger partial charge in [0.1, 0.15) is 23.5 Å². The fraction of sp³-hybridized carbons (Fsp3) is 0.455. The van der Waals surface area contributed by atoms with Crippen LogP contribution in [0.15, 0.2) is 30.9 Å². The Bertz CT molecular complexity index is 1150. The molecule has 0 saturated carbocycles. The van der Waals surface area contributed by atoms with Crippen LogP contribution in [0.1, 0.15) is 31.2 Å². The summed E-state index contributed by atoms with van der Waals surface area (Å²) in [7, 11) is 1.79. The largest absolute Gasteiger partial charge is 0.389 e. The second-order valence-corrected chi connectivity index (χ2v) is 8.89. The van der Waals surface area contributed by atoms with Crippen LogP contribution in [-0.4, -0.2) is 67.1 Å². The molecule has 2 aliphatic rings. The molecule has 168 valence electrons. The van der Waals surface area contributed by atoms with E-state index < -0.39 is 17.2 Å². The van der Waals surface area contributed by atoms with Crippen LogP contribution in [0.3, 0.4) is 0 Å². The molecule has 2 atom stereocenters. The molecule has 0 radical (unpaired) electrons. The number of aliphatic hydroxyl groups is 1. The highest BCUT2D eigenvalue weighted by atomic mass is 19.1. The van der Waals surface area contributed by atoms with Gasteiger partial charge in [-0.2, -0.15) is 0 Å². The maximum Gasteiger partial charge on any atom is 0.242 e. The van der Waals surface area contributed by atoms with E-state index >= 15 is 0 Å². The van der Waals surface area contributed by atoms with E-state index in [0.29, 0.717) is 35.4 Å². The monoisotopic (exact) mass is 442 g/mol. The Balaban J connectivity index is 1.29. The SMILES string of the molecule is CN(CC(=O)N1C2CCC1CC(O)(Cc1ccc(F)cc1F)C2)c1ncnc2nc[nH]c12. The number of H-pyrrole nitrogens is 1. The second-order valence-electron chi connectivity index (χ2n) is 8.89. The number of aromatic nitrogens is 4. The lowest BCUT2D eigenvalue weighted by molar-refractivity contribution is -0.139. The Morgan fingerprint density at radius 2 is 2.00 bits per heavy atom. The van der Waals surface area contributed by atoms with Gasteiger partial charge in [0.2, 0.25) is 5.91 Å². The van der Waals surface area contributed by atoms with Crippen molar-refractivity contribution in [1.29, 1.82) is 0 Å². The number of aromatic amines is 1. The van der Waals surface area contributed by atoms with E-state index in [4.69, 9.17) is 0 Å². The molecule has 2 fully saturated rings. The number of likely N-dealkylation sites (N-methyl/N-ethyl adjacent to an activating group) is 1. The standard InChI is InChI=1S/C22H24F2N6O2/c1-29(21-19-20(26-11-25-19)27-12-28-21)10-18(31)30-15-4-5-16(30)9-22(32,8-15)7-13-2-3-14(23)6-17(13)24/h2-3,6,11-12,15-16,32H,4-5,7-10H2,1H3,(H,25,26,27,28). The average molecular weight is 442 g/mol. The molecule has 2 aliphatic heterocycles. The zero-order chi connectivity index (χ0) is 22.5. The van der Waals surface area contributed by atoms with Gasteiger partial charge < -0.3 is 19.9 Å². The predicted molar refractivity (Wildman–Crippen MR) is 113 cm³/mol. The quantitative estimate of drug-likeness (QED) is 0.629. The van der Waals surface area contributed by atoms with Crippen LogP contribution in [0, 0.1) is 11.6 Å². The summed E-state index contributed by atoms with van der Waals surface area (Å²) in [6.07, 6.45) is 5.39. The third-order valence-electron chi connectivity index (χ3n) is 6.61. The number of nitrogens with one attached hydrogen (secondary N) is 1. The first kappa shape index (κ1) is 20.7. The van der Waals surface area contributed by atoms with Crippen LogP contribution in [0.4, 0.5) is 14.6 Å². The third kappa shape index (κ3) is 3.68. The van der Waals surface area contributed by atoms with Crippen molar-refractivity contribution in [3.63, 3.8) is 0 Å². The molecule has 0 spiro atoms. The van der Waals surface area contributed by atoms with E-state index in [1.165, 1.54) is 24.8 Å². The first-order valence-corrected chi connectivity index (χ1v) is 10.7. The van der Waals surface area contributed by atoms with Gasteiger partial charge in [-0.25, -0.2) is 23.7 Å². The van der Waals surface area contributed by atoms with E-state index in [2.05, 4.69) is 19.9 Å². The molecule has 1 aromatic carbocycles. The molecule has 2 unspecified atom stereocenters. The Labute approximate surface area is 183 Å². The van der Waals surface area contributed by atoms with Crippen molar-refractivity contribution in [2.75, 3.05) is 18.5 Å². The van der Waals surface area contributed by atoms with Crippen LogP contribution in [0.25, 0.3) is 11.2 Å². The number of imidazole rings is 1. The molecule has 2 saturated heterocycles. The van der Waals surface area contributed by atoms with Crippen molar-refractivity contribution < 1.29 is 18.7 Å². The topological polar surface area (TPSA) is 98.2 Å². The van der Waals surface area contributed by atoms with E-state index in [9.17, 15) is 18.7 Å². The van der Waals surface area contributed by atoms with E-state index in [0.717, 1.165) is 18.9 Å². The van der Waals surface area contributed by atoms with Gasteiger partial charge in [-0.05, 0) is 37.3 Å². The number of piperidine rings is 1. The highest BCUT2D eigenvalue weighted by Crippen LogP contribution is 2.42. The summed E-state index contributed by atoms with van der Waals surface area (Å²) in [5.41, 5.74) is 0.368. The molecule has 4 heterocycles. The number of rotatable bonds is 5. The summed E-state index contributed by atoms with van der Waals surface area (Å²) in [6, 6.07) is 3.20. The predicted octanol–water partition coefficient (Wildman–Crippen LogP) is 2.19. The lowest BCUT2D eigenvalue weighted by atomic mass is 9.81. The fourth-order valence-electron chi connectivity index (χ4n) is 5.29. The van der Waals surface area contributed by atoms with Gasteiger partial charge in [-0.3, -0.25) is 4.79 Å². The Morgan fingerprint density at radius 1 is 1.25 bits per heavy atom. The molecular formula is C22H24F2N6O2. The number of nitrogens with zero attached hydrogens (tertiary/aromatic N) is 5. The molecule has 5 rings (SSSR count). The number of hydrogen-bond donors (Lipinski definition) is 2. The summed E-state index contributed by atoms with van der Waals surface area (Å²) >= 11 is 0. The Morgan fingerprint density at radius 3 is 2.72 bits per heavy atom. The van der Waals surface area contributed by atoms with Crippen LogP contribution >= 0.6 is 0 Å². The maximum absolute atomic E-state index is 14.1. The molecule has 3 aromatic rings. The smallest absolute Gasteiger partial charge is 0.242 e. The summed E-state index contributed by atoms with van der Waals surface area (Å²) in [4.78, 5) is 32.4. The zero-order valence-electron chi connectivity index (χ0n) is 17.6. The lowest BCUT2D eigenvalue weighted by Crippen LogP contribution is -2.55. The van der Waals surface area contributed by atoms with Gasteiger partial charge in [0.15, 0.2) is 11.5 Å². The van der Waals surface area contributed by atoms with Crippen LogP contribution in [0.2, 0.25) is 0 Å². The number of carbonyl (C=O) groups is 1. The number of halogens is 2. The molecule has 1 amide bonds. The minimum atomic E-state index is -1.12. The number of fused-ring (bicyclic) bond motifs is 3. The van der Waals surface area contributed by atoms with Gasteiger partial charge in [0.05, 0.1) is 18.5 Å². The Hall–Kier alpha value is -3.14. The van der Waals surface area contributed by atoms with Crippen molar-refractivity contribution in [3.05, 3.63) is 48.1 Å². The van der Waals surface area contributed by atoms with Crippen LogP contribution < -0.4 is 4.90 Å². The molecule has 2 aromatic heterocycles. The van der Waals surface area contributed by atoms with E-state index in [1.807, 2.05) is 4.90 Å². The Kier molecular flexibility index (Phi) is 5.04. The number of benzene rings is 1. The maximum atomic E-state index is 14.1. The van der Waals surface area contributed by atoms with Gasteiger partial charge in [-0.15, -0.1) is 0 Å². The molecular weight excluding hydrogens is 418 g/mol. The van der Waals surface area contributed by atoms with Gasteiger partial charge in [0.25, 0.3) is 0 Å². The van der Waals surface area contributed by atoms with Crippen LogP contribution in [-0.2, 0) is 11.2 Å². The highest BCUT2D eigenvalue weighted by molar-refractivity contribution is 5.87. The van der Waals surface area contributed by atoms with Gasteiger partial charge in [-0.1, -0.05) is 6.07 Å². The zero-order valence-corrected chi connectivity index (χ0v) is 17.6.